The summed E-state index contributed by atoms with van der Waals surface area (Å²) in [5, 5.41) is 12.5. The molecule has 4 nitrogen and oxygen atoms in total. The lowest BCUT2D eigenvalue weighted by Crippen LogP contribution is -2.24. The molecule has 0 aromatic carbocycles. The van der Waals surface area contributed by atoms with Crippen molar-refractivity contribution in [2.75, 3.05) is 0 Å². The molecule has 0 saturated heterocycles. The van der Waals surface area contributed by atoms with Gasteiger partial charge in [0.15, 0.2) is 0 Å². The molecule has 1 rings (SSSR count). The highest BCUT2D eigenvalue weighted by Crippen LogP contribution is 2.01. The highest BCUT2D eigenvalue weighted by Gasteiger charge is 2.04. The zero-order chi connectivity index (χ0) is 11.3. The van der Waals surface area contributed by atoms with Gasteiger partial charge in [-0.25, -0.2) is 4.98 Å². The molecule has 2 N–H and O–H groups in total. The maximum absolute atomic E-state index is 9.21. The van der Waals surface area contributed by atoms with Crippen molar-refractivity contribution in [2.24, 2.45) is 0 Å². The van der Waals surface area contributed by atoms with Gasteiger partial charge in [-0.2, -0.15) is 0 Å². The molecule has 0 radical (unpaired) electrons. The molecule has 0 aliphatic rings. The van der Waals surface area contributed by atoms with Gasteiger partial charge >= 0.3 is 0 Å². The lowest BCUT2D eigenvalue weighted by Gasteiger charge is -2.11. The fraction of sp³-hybridized carbons (Fsp3) is 0.727. The van der Waals surface area contributed by atoms with Gasteiger partial charge in [-0.05, 0) is 13.3 Å². The summed E-state index contributed by atoms with van der Waals surface area (Å²) in [7, 11) is 0. The average molecular weight is 211 g/mol. The van der Waals surface area contributed by atoms with Crippen molar-refractivity contribution < 1.29 is 5.11 Å². The van der Waals surface area contributed by atoms with E-state index in [1.165, 1.54) is 0 Å². The summed E-state index contributed by atoms with van der Waals surface area (Å²) in [6, 6.07) is 0.465. The second kappa shape index (κ2) is 5.88. The van der Waals surface area contributed by atoms with Crippen LogP contribution in [-0.4, -0.2) is 26.8 Å². The van der Waals surface area contributed by atoms with Crippen molar-refractivity contribution in [1.82, 2.24) is 14.9 Å². The summed E-state index contributed by atoms with van der Waals surface area (Å²) in [4.78, 5) is 4.28. The van der Waals surface area contributed by atoms with E-state index < -0.39 is 0 Å². The molecule has 1 heterocycles. The molecule has 0 spiro atoms. The van der Waals surface area contributed by atoms with Gasteiger partial charge in [0.05, 0.1) is 12.6 Å². The number of hydrogen-bond donors (Lipinski definition) is 2. The second-order valence-corrected chi connectivity index (χ2v) is 4.21. The third-order valence-corrected chi connectivity index (χ3v) is 2.26. The minimum atomic E-state index is -0.252. The average Bonchev–Trinajstić information content (AvgIpc) is 2.58. The van der Waals surface area contributed by atoms with Gasteiger partial charge < -0.3 is 15.0 Å². The fourth-order valence-corrected chi connectivity index (χ4v) is 1.33. The monoisotopic (exact) mass is 211 g/mol. The van der Waals surface area contributed by atoms with Crippen LogP contribution >= 0.6 is 0 Å². The first-order chi connectivity index (χ1) is 7.09. The first-order valence-electron chi connectivity index (χ1n) is 5.51. The molecule has 1 unspecified atom stereocenters. The van der Waals surface area contributed by atoms with E-state index in [4.69, 9.17) is 0 Å². The van der Waals surface area contributed by atoms with Gasteiger partial charge in [-0.1, -0.05) is 13.8 Å². The third kappa shape index (κ3) is 4.44. The summed E-state index contributed by atoms with van der Waals surface area (Å²) in [6.07, 6.45) is 4.28. The Kier molecular flexibility index (Phi) is 4.78. The number of nitrogens with one attached hydrogen (secondary N) is 1. The van der Waals surface area contributed by atoms with Crippen molar-refractivity contribution in [3.63, 3.8) is 0 Å². The molecule has 86 valence electrons. The number of rotatable bonds is 6. The van der Waals surface area contributed by atoms with E-state index in [-0.39, 0.29) is 6.10 Å². The summed E-state index contributed by atoms with van der Waals surface area (Å²) < 4.78 is 2.09. The maximum Gasteiger partial charge on any atom is 0.122 e. The third-order valence-electron chi connectivity index (χ3n) is 2.26. The van der Waals surface area contributed by atoms with Crippen LogP contribution in [0, 0.1) is 0 Å². The van der Waals surface area contributed by atoms with Crippen LogP contribution < -0.4 is 5.32 Å². The minimum absolute atomic E-state index is 0.252. The fourth-order valence-electron chi connectivity index (χ4n) is 1.33. The van der Waals surface area contributed by atoms with Gasteiger partial charge in [0.2, 0.25) is 0 Å². The van der Waals surface area contributed by atoms with Crippen molar-refractivity contribution in [3.05, 3.63) is 18.2 Å². The zero-order valence-electron chi connectivity index (χ0n) is 9.77. The molecule has 0 aliphatic carbocycles. The zero-order valence-corrected chi connectivity index (χ0v) is 9.77. The Morgan fingerprint density at radius 2 is 2.20 bits per heavy atom. The molecule has 15 heavy (non-hydrogen) atoms. The van der Waals surface area contributed by atoms with E-state index in [0.29, 0.717) is 6.04 Å². The maximum atomic E-state index is 9.21. The second-order valence-electron chi connectivity index (χ2n) is 4.21. The van der Waals surface area contributed by atoms with Crippen LogP contribution in [0.4, 0.5) is 0 Å². The summed E-state index contributed by atoms with van der Waals surface area (Å²) in [6.45, 7) is 7.65. The highest BCUT2D eigenvalue weighted by molar-refractivity contribution is 4.92. The molecule has 0 aliphatic heterocycles. The molecule has 0 fully saturated rings. The Bertz CT molecular complexity index is 255. The quantitative estimate of drug-likeness (QED) is 0.742. The van der Waals surface area contributed by atoms with E-state index in [2.05, 4.69) is 28.7 Å². The largest absolute Gasteiger partial charge is 0.393 e. The Hall–Kier alpha value is -0.870. The Morgan fingerprint density at radius 1 is 1.47 bits per heavy atom. The van der Waals surface area contributed by atoms with Crippen molar-refractivity contribution in [2.45, 2.75) is 52.4 Å². The molecule has 4 heteroatoms. The number of aromatic nitrogens is 2. The van der Waals surface area contributed by atoms with Gasteiger partial charge in [-0.15, -0.1) is 0 Å². The molecule has 1 aromatic heterocycles. The SMILES string of the molecule is CC(O)CCn1ccnc1CNC(C)C. The number of imidazole rings is 1. The number of aliphatic hydroxyl groups excluding tert-OH is 1. The number of aliphatic hydroxyl groups is 1. The highest BCUT2D eigenvalue weighted by atomic mass is 16.3. The Balaban J connectivity index is 2.46. The Labute approximate surface area is 91.3 Å². The lowest BCUT2D eigenvalue weighted by molar-refractivity contribution is 0.177. The summed E-state index contributed by atoms with van der Waals surface area (Å²) in [5.41, 5.74) is 0. The first kappa shape index (κ1) is 12.2. The summed E-state index contributed by atoms with van der Waals surface area (Å²) in [5.74, 6) is 1.03. The van der Waals surface area contributed by atoms with Crippen molar-refractivity contribution >= 4 is 0 Å². The predicted octanol–water partition coefficient (Wildman–Crippen LogP) is 1.15. The van der Waals surface area contributed by atoms with Crippen LogP contribution in [0.2, 0.25) is 0 Å². The first-order valence-corrected chi connectivity index (χ1v) is 5.51. The molecular formula is C11H21N3O. The van der Waals surface area contributed by atoms with E-state index in [1.807, 2.05) is 13.1 Å². The topological polar surface area (TPSA) is 50.1 Å². The van der Waals surface area contributed by atoms with E-state index >= 15 is 0 Å². The van der Waals surface area contributed by atoms with Crippen LogP contribution in [0.5, 0.6) is 0 Å². The van der Waals surface area contributed by atoms with Crippen LogP contribution in [0.15, 0.2) is 12.4 Å². The molecule has 0 amide bonds. The molecule has 1 aromatic rings. The van der Waals surface area contributed by atoms with E-state index in [9.17, 15) is 5.11 Å². The standard InChI is InChI=1S/C11H21N3O/c1-9(2)13-8-11-12-5-7-14(11)6-4-10(3)15/h5,7,9-10,13,15H,4,6,8H2,1-3H3. The van der Waals surface area contributed by atoms with Crippen LogP contribution in [-0.2, 0) is 13.1 Å². The smallest absolute Gasteiger partial charge is 0.122 e. The van der Waals surface area contributed by atoms with Gasteiger partial charge in [-0.3, -0.25) is 0 Å². The predicted molar refractivity (Wildman–Crippen MR) is 60.5 cm³/mol. The minimum Gasteiger partial charge on any atom is -0.393 e. The molecular weight excluding hydrogens is 190 g/mol. The molecule has 0 saturated carbocycles. The Morgan fingerprint density at radius 3 is 2.80 bits per heavy atom. The van der Waals surface area contributed by atoms with Crippen LogP contribution in [0.25, 0.3) is 0 Å². The van der Waals surface area contributed by atoms with Gasteiger partial charge in [0.25, 0.3) is 0 Å². The molecule has 1 atom stereocenters. The molecule has 0 bridgehead atoms. The van der Waals surface area contributed by atoms with Crippen molar-refractivity contribution in [3.8, 4) is 0 Å². The normalized spacial score (nSPS) is 13.4. The van der Waals surface area contributed by atoms with E-state index in [0.717, 1.165) is 25.3 Å². The van der Waals surface area contributed by atoms with Crippen LogP contribution in [0.3, 0.4) is 0 Å². The lowest BCUT2D eigenvalue weighted by atomic mass is 10.3. The number of nitrogens with zero attached hydrogens (tertiary/aromatic N) is 2. The van der Waals surface area contributed by atoms with Crippen molar-refractivity contribution in [1.29, 1.82) is 0 Å². The van der Waals surface area contributed by atoms with Crippen LogP contribution in [0.1, 0.15) is 33.0 Å². The number of aryl methyl sites for hydroxylation is 1. The summed E-state index contributed by atoms with van der Waals surface area (Å²) >= 11 is 0. The van der Waals surface area contributed by atoms with Gasteiger partial charge in [0, 0.05) is 25.0 Å². The number of hydrogen-bond acceptors (Lipinski definition) is 3. The van der Waals surface area contributed by atoms with E-state index in [1.54, 1.807) is 6.20 Å². The van der Waals surface area contributed by atoms with Gasteiger partial charge in [0.1, 0.15) is 5.82 Å².